The Kier molecular flexibility index (Phi) is 2.04. The third-order valence-electron chi connectivity index (χ3n) is 5.27. The number of ether oxygens (including phenoxy) is 1. The predicted octanol–water partition coefficient (Wildman–Crippen LogP) is 0.212. The van der Waals surface area contributed by atoms with Gasteiger partial charge in [-0.2, -0.15) is 0 Å². The summed E-state index contributed by atoms with van der Waals surface area (Å²) in [6.07, 6.45) is 5.38. The van der Waals surface area contributed by atoms with E-state index in [-0.39, 0.29) is 42.0 Å². The summed E-state index contributed by atoms with van der Waals surface area (Å²) in [5.74, 6) is 0.253. The standard InChI is InChI=1S/C14H15NO4/c1-19-10(16)5-15-13(17)11-6-2-3-7(9-4-8(6)9)12(11)14(15)18/h2-3,6-9,11-12H,4-5H2,1H3/t6-,7+,8+,9-,11+,12-. The summed E-state index contributed by atoms with van der Waals surface area (Å²) in [5.41, 5.74) is 0. The smallest absolute Gasteiger partial charge is 0.325 e. The summed E-state index contributed by atoms with van der Waals surface area (Å²) in [6.45, 7) is -0.240. The van der Waals surface area contributed by atoms with Crippen molar-refractivity contribution in [1.82, 2.24) is 4.90 Å². The number of allylic oxidation sites excluding steroid dienone is 2. The second kappa shape index (κ2) is 3.46. The van der Waals surface area contributed by atoms with Crippen molar-refractivity contribution in [2.45, 2.75) is 6.42 Å². The van der Waals surface area contributed by atoms with Crippen LogP contribution in [0.15, 0.2) is 12.2 Å². The molecule has 6 atom stereocenters. The van der Waals surface area contributed by atoms with Crippen LogP contribution in [0.1, 0.15) is 6.42 Å². The van der Waals surface area contributed by atoms with Gasteiger partial charge in [0.05, 0.1) is 18.9 Å². The van der Waals surface area contributed by atoms with Gasteiger partial charge in [0, 0.05) is 0 Å². The van der Waals surface area contributed by atoms with Crippen LogP contribution in [0.5, 0.6) is 0 Å². The normalized spacial score (nSPS) is 45.2. The molecule has 0 radical (unpaired) electrons. The summed E-state index contributed by atoms with van der Waals surface area (Å²) >= 11 is 0. The van der Waals surface area contributed by atoms with Gasteiger partial charge in [0.25, 0.3) is 0 Å². The first-order chi connectivity index (χ1) is 9.13. The molecule has 100 valence electrons. The second-order valence-electron chi connectivity index (χ2n) is 5.99. The van der Waals surface area contributed by atoms with Gasteiger partial charge in [-0.25, -0.2) is 0 Å². The Labute approximate surface area is 110 Å². The number of imide groups is 1. The Bertz CT molecular complexity index is 490. The van der Waals surface area contributed by atoms with E-state index in [9.17, 15) is 14.4 Å². The molecule has 2 saturated carbocycles. The first kappa shape index (κ1) is 11.2. The van der Waals surface area contributed by atoms with Gasteiger partial charge in [-0.15, -0.1) is 0 Å². The lowest BCUT2D eigenvalue weighted by Crippen LogP contribution is -2.40. The van der Waals surface area contributed by atoms with Gasteiger partial charge in [0.2, 0.25) is 11.8 Å². The number of rotatable bonds is 2. The number of amides is 2. The topological polar surface area (TPSA) is 63.7 Å². The highest BCUT2D eigenvalue weighted by molar-refractivity contribution is 6.07. The van der Waals surface area contributed by atoms with E-state index in [1.54, 1.807) is 0 Å². The molecule has 0 aromatic rings. The van der Waals surface area contributed by atoms with Gasteiger partial charge >= 0.3 is 5.97 Å². The zero-order valence-electron chi connectivity index (χ0n) is 10.6. The molecule has 5 aliphatic rings. The van der Waals surface area contributed by atoms with E-state index in [1.807, 2.05) is 0 Å². The lowest BCUT2D eigenvalue weighted by atomic mass is 9.63. The Balaban J connectivity index is 1.66. The number of carbonyl (C=O) groups is 3. The molecule has 5 heteroatoms. The minimum absolute atomic E-state index is 0.176. The molecular weight excluding hydrogens is 246 g/mol. The maximum absolute atomic E-state index is 12.4. The van der Waals surface area contributed by atoms with Crippen LogP contribution in [0.3, 0.4) is 0 Å². The fraction of sp³-hybridized carbons (Fsp3) is 0.643. The monoisotopic (exact) mass is 261 g/mol. The van der Waals surface area contributed by atoms with Crippen molar-refractivity contribution in [3.8, 4) is 0 Å². The highest BCUT2D eigenvalue weighted by atomic mass is 16.5. The van der Waals surface area contributed by atoms with Crippen molar-refractivity contribution in [2.75, 3.05) is 13.7 Å². The van der Waals surface area contributed by atoms with Crippen LogP contribution in [0, 0.1) is 35.5 Å². The highest BCUT2D eigenvalue weighted by Crippen LogP contribution is 2.65. The van der Waals surface area contributed by atoms with Crippen LogP contribution in [0.25, 0.3) is 0 Å². The average Bonchev–Trinajstić information content (AvgIpc) is 3.20. The third-order valence-corrected chi connectivity index (χ3v) is 5.27. The molecule has 5 rings (SSSR count). The van der Waals surface area contributed by atoms with E-state index >= 15 is 0 Å². The van der Waals surface area contributed by atoms with Gasteiger partial charge in [0.1, 0.15) is 6.54 Å². The zero-order valence-corrected chi connectivity index (χ0v) is 10.6. The number of hydrogen-bond donors (Lipinski definition) is 0. The summed E-state index contributed by atoms with van der Waals surface area (Å²) < 4.78 is 4.56. The van der Waals surface area contributed by atoms with Crippen LogP contribution in [0.4, 0.5) is 0 Å². The van der Waals surface area contributed by atoms with E-state index in [2.05, 4.69) is 16.9 Å². The zero-order chi connectivity index (χ0) is 13.3. The molecule has 19 heavy (non-hydrogen) atoms. The van der Waals surface area contributed by atoms with E-state index in [4.69, 9.17) is 0 Å². The summed E-state index contributed by atoms with van der Waals surface area (Å²) in [7, 11) is 1.26. The Hall–Kier alpha value is -1.65. The van der Waals surface area contributed by atoms with Crippen LogP contribution < -0.4 is 0 Å². The van der Waals surface area contributed by atoms with Crippen molar-refractivity contribution in [3.63, 3.8) is 0 Å². The molecule has 5 nitrogen and oxygen atoms in total. The summed E-state index contributed by atoms with van der Waals surface area (Å²) in [5, 5.41) is 0. The maximum Gasteiger partial charge on any atom is 0.325 e. The first-order valence-corrected chi connectivity index (χ1v) is 6.74. The molecule has 3 fully saturated rings. The lowest BCUT2D eigenvalue weighted by molar-refractivity contribution is -0.151. The van der Waals surface area contributed by atoms with Gasteiger partial charge in [0.15, 0.2) is 0 Å². The number of nitrogens with zero attached hydrogens (tertiary/aromatic N) is 1. The van der Waals surface area contributed by atoms with Gasteiger partial charge < -0.3 is 4.74 Å². The van der Waals surface area contributed by atoms with Gasteiger partial charge in [-0.1, -0.05) is 12.2 Å². The minimum atomic E-state index is -0.536. The highest BCUT2D eigenvalue weighted by Gasteiger charge is 2.67. The quantitative estimate of drug-likeness (QED) is 0.405. The van der Waals surface area contributed by atoms with Gasteiger partial charge in [-0.05, 0) is 30.1 Å². The third kappa shape index (κ3) is 1.28. The largest absolute Gasteiger partial charge is 0.468 e. The molecule has 0 spiro atoms. The minimum Gasteiger partial charge on any atom is -0.468 e. The van der Waals surface area contributed by atoms with Gasteiger partial charge in [-0.3, -0.25) is 19.3 Å². The fourth-order valence-corrected chi connectivity index (χ4v) is 4.37. The van der Waals surface area contributed by atoms with Crippen molar-refractivity contribution >= 4 is 17.8 Å². The lowest BCUT2D eigenvalue weighted by Gasteiger charge is -2.37. The van der Waals surface area contributed by atoms with Crippen LogP contribution in [0.2, 0.25) is 0 Å². The van der Waals surface area contributed by atoms with E-state index in [0.717, 1.165) is 11.3 Å². The van der Waals surface area contributed by atoms with Crippen molar-refractivity contribution in [2.24, 2.45) is 35.5 Å². The number of methoxy groups -OCH3 is 1. The fourth-order valence-electron chi connectivity index (χ4n) is 4.37. The van der Waals surface area contributed by atoms with Crippen molar-refractivity contribution in [3.05, 3.63) is 12.2 Å². The Morgan fingerprint density at radius 1 is 1.21 bits per heavy atom. The Morgan fingerprint density at radius 3 is 2.21 bits per heavy atom. The van der Waals surface area contributed by atoms with Crippen LogP contribution in [-0.2, 0) is 19.1 Å². The molecule has 0 aromatic heterocycles. The van der Waals surface area contributed by atoms with Crippen molar-refractivity contribution < 1.29 is 19.1 Å². The molecule has 1 aliphatic heterocycles. The Morgan fingerprint density at radius 2 is 1.74 bits per heavy atom. The molecule has 2 amide bonds. The van der Waals surface area contributed by atoms with Crippen LogP contribution in [-0.4, -0.2) is 36.3 Å². The van der Waals surface area contributed by atoms with E-state index in [0.29, 0.717) is 11.8 Å². The van der Waals surface area contributed by atoms with E-state index in [1.165, 1.54) is 7.11 Å². The molecule has 0 N–H and O–H groups in total. The molecule has 4 aliphatic carbocycles. The number of hydrogen-bond acceptors (Lipinski definition) is 4. The molecule has 0 aromatic carbocycles. The average molecular weight is 261 g/mol. The SMILES string of the molecule is COC(=O)CN1C(=O)[C@@H]2[C@H]3C=C[C@H]([C@@H]4C[C@H]34)[C@@H]2C1=O. The first-order valence-electron chi connectivity index (χ1n) is 6.74. The van der Waals surface area contributed by atoms with E-state index < -0.39 is 5.97 Å². The molecule has 1 saturated heterocycles. The number of carbonyl (C=O) groups excluding carboxylic acids is 3. The predicted molar refractivity (Wildman–Crippen MR) is 63.4 cm³/mol. The van der Waals surface area contributed by atoms with Crippen LogP contribution >= 0.6 is 0 Å². The molecular formula is C14H15NO4. The number of esters is 1. The molecule has 0 unspecified atom stereocenters. The molecule has 1 heterocycles. The number of likely N-dealkylation sites (tertiary alicyclic amines) is 1. The van der Waals surface area contributed by atoms with Crippen molar-refractivity contribution in [1.29, 1.82) is 0 Å². The second-order valence-corrected chi connectivity index (χ2v) is 5.99. The maximum atomic E-state index is 12.4. The summed E-state index contributed by atoms with van der Waals surface area (Å²) in [6, 6.07) is 0. The summed E-state index contributed by atoms with van der Waals surface area (Å²) in [4.78, 5) is 37.3. The molecule has 2 bridgehead atoms.